The molecule has 0 aromatic heterocycles. The van der Waals surface area contributed by atoms with Crippen molar-refractivity contribution in [1.29, 1.82) is 0 Å². The predicted octanol–water partition coefficient (Wildman–Crippen LogP) is 1.60. The number of hydrogen-bond donors (Lipinski definition) is 1. The Morgan fingerprint density at radius 1 is 1.57 bits per heavy atom. The van der Waals surface area contributed by atoms with Crippen LogP contribution in [0.2, 0.25) is 5.02 Å². The molecule has 1 atom stereocenters. The Kier molecular flexibility index (Phi) is 2.59. The van der Waals surface area contributed by atoms with E-state index in [2.05, 4.69) is 4.99 Å². The van der Waals surface area contributed by atoms with Gasteiger partial charge in [0.05, 0.1) is 6.04 Å². The lowest BCUT2D eigenvalue weighted by Gasteiger charge is -2.04. The van der Waals surface area contributed by atoms with Crippen molar-refractivity contribution in [2.75, 3.05) is 6.61 Å². The molecule has 0 spiro atoms. The van der Waals surface area contributed by atoms with E-state index in [1.165, 1.54) is 0 Å². The third kappa shape index (κ3) is 2.17. The maximum atomic E-state index is 5.87. The van der Waals surface area contributed by atoms with Gasteiger partial charge in [0.2, 0.25) is 0 Å². The van der Waals surface area contributed by atoms with Crippen LogP contribution in [0.1, 0.15) is 5.56 Å². The van der Waals surface area contributed by atoms with Gasteiger partial charge in [-0.2, -0.15) is 0 Å². The van der Waals surface area contributed by atoms with E-state index < -0.39 is 0 Å². The molecule has 2 rings (SSSR count). The van der Waals surface area contributed by atoms with E-state index in [1.54, 1.807) is 0 Å². The SMILES string of the molecule is NC1=NC(Cc2cccc(Cl)c2)CO1. The number of rotatable bonds is 2. The van der Waals surface area contributed by atoms with Crippen molar-refractivity contribution < 1.29 is 4.74 Å². The van der Waals surface area contributed by atoms with Crippen LogP contribution in [-0.2, 0) is 11.2 Å². The first-order chi connectivity index (χ1) is 6.74. The summed E-state index contributed by atoms with van der Waals surface area (Å²) >= 11 is 5.87. The summed E-state index contributed by atoms with van der Waals surface area (Å²) in [4.78, 5) is 4.14. The first kappa shape index (κ1) is 9.34. The van der Waals surface area contributed by atoms with Gasteiger partial charge >= 0.3 is 0 Å². The number of aliphatic imine (C=N–C) groups is 1. The second-order valence-corrected chi connectivity index (χ2v) is 3.70. The Bertz CT molecular complexity index is 365. The average Bonchev–Trinajstić information content (AvgIpc) is 2.51. The number of benzene rings is 1. The predicted molar refractivity (Wildman–Crippen MR) is 56.5 cm³/mol. The van der Waals surface area contributed by atoms with Crippen molar-refractivity contribution in [3.8, 4) is 0 Å². The van der Waals surface area contributed by atoms with E-state index >= 15 is 0 Å². The summed E-state index contributed by atoms with van der Waals surface area (Å²) in [5.41, 5.74) is 6.57. The highest BCUT2D eigenvalue weighted by Gasteiger charge is 2.16. The fourth-order valence-corrected chi connectivity index (χ4v) is 1.69. The normalized spacial score (nSPS) is 20.4. The molecule has 1 heterocycles. The number of ether oxygens (including phenoxy) is 1. The fraction of sp³-hybridized carbons (Fsp3) is 0.300. The van der Waals surface area contributed by atoms with Crippen LogP contribution in [0.3, 0.4) is 0 Å². The van der Waals surface area contributed by atoms with Gasteiger partial charge in [-0.05, 0) is 24.1 Å². The van der Waals surface area contributed by atoms with E-state index in [1.807, 2.05) is 24.3 Å². The Morgan fingerprint density at radius 2 is 2.43 bits per heavy atom. The summed E-state index contributed by atoms with van der Waals surface area (Å²) in [6, 6.07) is 8.17. The largest absolute Gasteiger partial charge is 0.463 e. The van der Waals surface area contributed by atoms with Crippen LogP contribution in [0, 0.1) is 0 Å². The second-order valence-electron chi connectivity index (χ2n) is 3.27. The molecule has 0 aliphatic carbocycles. The maximum absolute atomic E-state index is 5.87. The summed E-state index contributed by atoms with van der Waals surface area (Å²) in [6.45, 7) is 0.568. The standard InChI is InChI=1S/C10H11ClN2O/c11-8-3-1-2-7(4-8)5-9-6-14-10(12)13-9/h1-4,9H,5-6H2,(H2,12,13). The molecule has 1 unspecified atom stereocenters. The van der Waals surface area contributed by atoms with Gasteiger partial charge in [-0.15, -0.1) is 0 Å². The van der Waals surface area contributed by atoms with Gasteiger partial charge in [0.1, 0.15) is 6.61 Å². The highest BCUT2D eigenvalue weighted by molar-refractivity contribution is 6.30. The summed E-state index contributed by atoms with van der Waals surface area (Å²) in [7, 11) is 0. The zero-order valence-corrected chi connectivity index (χ0v) is 8.37. The van der Waals surface area contributed by atoms with Crippen LogP contribution in [-0.4, -0.2) is 18.7 Å². The topological polar surface area (TPSA) is 47.6 Å². The van der Waals surface area contributed by atoms with E-state index in [9.17, 15) is 0 Å². The smallest absolute Gasteiger partial charge is 0.282 e. The molecular formula is C10H11ClN2O. The fourth-order valence-electron chi connectivity index (χ4n) is 1.48. The lowest BCUT2D eigenvalue weighted by Crippen LogP contribution is -2.11. The van der Waals surface area contributed by atoms with Crippen LogP contribution in [0.5, 0.6) is 0 Å². The molecule has 1 aromatic rings. The molecule has 1 aliphatic rings. The van der Waals surface area contributed by atoms with Gasteiger partial charge in [-0.1, -0.05) is 23.7 Å². The highest BCUT2D eigenvalue weighted by Crippen LogP contribution is 2.15. The third-order valence-electron chi connectivity index (χ3n) is 2.09. The zero-order chi connectivity index (χ0) is 9.97. The molecule has 3 nitrogen and oxygen atoms in total. The van der Waals surface area contributed by atoms with Gasteiger partial charge in [0, 0.05) is 5.02 Å². The Balaban J connectivity index is 2.04. The first-order valence-corrected chi connectivity index (χ1v) is 4.82. The van der Waals surface area contributed by atoms with Gasteiger partial charge in [0.15, 0.2) is 0 Å². The molecule has 1 aromatic carbocycles. The molecule has 0 saturated heterocycles. The molecule has 1 aliphatic heterocycles. The number of hydrogen-bond acceptors (Lipinski definition) is 3. The van der Waals surface area contributed by atoms with Crippen LogP contribution >= 0.6 is 11.6 Å². The molecular weight excluding hydrogens is 200 g/mol. The quantitative estimate of drug-likeness (QED) is 0.806. The monoisotopic (exact) mass is 210 g/mol. The zero-order valence-electron chi connectivity index (χ0n) is 7.61. The van der Waals surface area contributed by atoms with Crippen molar-refractivity contribution in [2.24, 2.45) is 10.7 Å². The molecule has 4 heteroatoms. The van der Waals surface area contributed by atoms with Crippen LogP contribution in [0.4, 0.5) is 0 Å². The minimum absolute atomic E-state index is 0.133. The van der Waals surface area contributed by atoms with E-state index in [0.29, 0.717) is 6.61 Å². The summed E-state index contributed by atoms with van der Waals surface area (Å²) in [6.07, 6.45) is 0.821. The van der Waals surface area contributed by atoms with Crippen LogP contribution in [0.15, 0.2) is 29.3 Å². The van der Waals surface area contributed by atoms with Crippen molar-refractivity contribution in [3.05, 3.63) is 34.9 Å². The summed E-state index contributed by atoms with van der Waals surface area (Å²) < 4.78 is 5.06. The molecule has 14 heavy (non-hydrogen) atoms. The average molecular weight is 211 g/mol. The first-order valence-electron chi connectivity index (χ1n) is 4.44. The van der Waals surface area contributed by atoms with E-state index in [4.69, 9.17) is 22.1 Å². The third-order valence-corrected chi connectivity index (χ3v) is 2.33. The second kappa shape index (κ2) is 3.88. The van der Waals surface area contributed by atoms with Crippen molar-refractivity contribution in [2.45, 2.75) is 12.5 Å². The molecule has 0 amide bonds. The molecule has 2 N–H and O–H groups in total. The van der Waals surface area contributed by atoms with Gasteiger partial charge < -0.3 is 10.5 Å². The lowest BCUT2D eigenvalue weighted by molar-refractivity contribution is 0.312. The van der Waals surface area contributed by atoms with Crippen LogP contribution < -0.4 is 5.73 Å². The summed E-state index contributed by atoms with van der Waals surface area (Å²) in [5, 5.41) is 0.748. The molecule has 0 fully saturated rings. The van der Waals surface area contributed by atoms with Gasteiger partial charge in [0.25, 0.3) is 6.02 Å². The van der Waals surface area contributed by atoms with Crippen molar-refractivity contribution in [3.63, 3.8) is 0 Å². The van der Waals surface area contributed by atoms with Crippen molar-refractivity contribution in [1.82, 2.24) is 0 Å². The van der Waals surface area contributed by atoms with Crippen LogP contribution in [0.25, 0.3) is 0 Å². The van der Waals surface area contributed by atoms with E-state index in [-0.39, 0.29) is 12.1 Å². The Morgan fingerprint density at radius 3 is 3.07 bits per heavy atom. The van der Waals surface area contributed by atoms with Gasteiger partial charge in [-0.3, -0.25) is 0 Å². The number of amidine groups is 1. The van der Waals surface area contributed by atoms with Gasteiger partial charge in [-0.25, -0.2) is 4.99 Å². The molecule has 0 bridgehead atoms. The minimum atomic E-state index is 0.133. The Labute approximate surface area is 87.5 Å². The lowest BCUT2D eigenvalue weighted by atomic mass is 10.1. The molecule has 74 valence electrons. The number of nitrogens with two attached hydrogens (primary N) is 1. The minimum Gasteiger partial charge on any atom is -0.463 e. The number of halogens is 1. The highest BCUT2D eigenvalue weighted by atomic mass is 35.5. The maximum Gasteiger partial charge on any atom is 0.282 e. The molecule has 0 saturated carbocycles. The molecule has 0 radical (unpaired) electrons. The summed E-state index contributed by atoms with van der Waals surface area (Å²) in [5.74, 6) is 0. The number of nitrogens with zero attached hydrogens (tertiary/aromatic N) is 1. The Hall–Kier alpha value is -1.22. The van der Waals surface area contributed by atoms with E-state index in [0.717, 1.165) is 17.0 Å². The van der Waals surface area contributed by atoms with Crippen molar-refractivity contribution >= 4 is 17.6 Å².